The van der Waals surface area contributed by atoms with Gasteiger partial charge in [0.2, 0.25) is 5.91 Å². The Balaban J connectivity index is 1.57. The molecule has 9 heteroatoms. The van der Waals surface area contributed by atoms with Gasteiger partial charge >= 0.3 is 0 Å². The zero-order valence-corrected chi connectivity index (χ0v) is 22.8. The topological polar surface area (TPSA) is 98.1 Å². The number of anilines is 1. The second-order valence-corrected chi connectivity index (χ2v) is 9.73. The van der Waals surface area contributed by atoms with Crippen molar-refractivity contribution in [2.24, 2.45) is 0 Å². The average molecular weight is 530 g/mol. The van der Waals surface area contributed by atoms with Gasteiger partial charge in [0.1, 0.15) is 5.75 Å². The maximum atomic E-state index is 12.8. The number of hydrogen-bond donors (Lipinski definition) is 2. The second kappa shape index (κ2) is 12.4. The third-order valence-electron chi connectivity index (χ3n) is 6.02. The molecule has 2 N–H and O–H groups in total. The molecule has 3 aromatic carbocycles. The predicted octanol–water partition coefficient (Wildman–Crippen LogP) is 5.12. The molecule has 0 bridgehead atoms. The zero-order chi connectivity index (χ0) is 27.1. The first-order valence-corrected chi connectivity index (χ1v) is 13.3. The molecule has 0 unspecified atom stereocenters. The summed E-state index contributed by atoms with van der Waals surface area (Å²) >= 11 is 1.31. The predicted molar refractivity (Wildman–Crippen MR) is 150 cm³/mol. The minimum atomic E-state index is -0.227. The molecule has 0 atom stereocenters. The molecule has 0 aliphatic heterocycles. The summed E-state index contributed by atoms with van der Waals surface area (Å²) in [4.78, 5) is 25.5. The molecule has 4 aromatic rings. The lowest BCUT2D eigenvalue weighted by Gasteiger charge is -2.17. The van der Waals surface area contributed by atoms with Crippen molar-refractivity contribution in [1.82, 2.24) is 20.1 Å². The molecule has 38 heavy (non-hydrogen) atoms. The summed E-state index contributed by atoms with van der Waals surface area (Å²) in [6.45, 7) is 6.28. The highest BCUT2D eigenvalue weighted by molar-refractivity contribution is 7.99. The summed E-state index contributed by atoms with van der Waals surface area (Å²) in [6.07, 6.45) is 0.810. The van der Waals surface area contributed by atoms with Crippen molar-refractivity contribution in [2.45, 2.75) is 38.9 Å². The smallest absolute Gasteiger partial charge is 0.251 e. The number of nitrogens with one attached hydrogen (secondary N) is 2. The van der Waals surface area contributed by atoms with Crippen LogP contribution >= 0.6 is 11.8 Å². The van der Waals surface area contributed by atoms with Gasteiger partial charge in [0.05, 0.1) is 25.1 Å². The standard InChI is InChI=1S/C29H31N5O3S/c1-5-21-10-7-9-20(3)27(21)34-25(17-30-28(36)22-12-14-24(37-4)15-13-22)32-33-29(34)38-18-26(35)31-23-11-6-8-19(2)16-23/h6-16H,5,17-18H2,1-4H3,(H,30,36)(H,31,35). The Labute approximate surface area is 226 Å². The van der Waals surface area contributed by atoms with E-state index in [0.717, 1.165) is 34.5 Å². The number of benzene rings is 3. The highest BCUT2D eigenvalue weighted by Gasteiger charge is 2.20. The van der Waals surface area contributed by atoms with Gasteiger partial charge < -0.3 is 15.4 Å². The number of para-hydroxylation sites is 1. The molecule has 0 aliphatic carbocycles. The number of thioether (sulfide) groups is 1. The van der Waals surface area contributed by atoms with Crippen LogP contribution < -0.4 is 15.4 Å². The minimum absolute atomic E-state index is 0.134. The monoisotopic (exact) mass is 529 g/mol. The van der Waals surface area contributed by atoms with E-state index in [-0.39, 0.29) is 24.1 Å². The molecule has 196 valence electrons. The highest BCUT2D eigenvalue weighted by atomic mass is 32.2. The van der Waals surface area contributed by atoms with E-state index < -0.39 is 0 Å². The molecular formula is C29H31N5O3S. The van der Waals surface area contributed by atoms with Crippen LogP contribution in [0, 0.1) is 13.8 Å². The van der Waals surface area contributed by atoms with Crippen molar-refractivity contribution < 1.29 is 14.3 Å². The van der Waals surface area contributed by atoms with Gasteiger partial charge in [0, 0.05) is 11.3 Å². The van der Waals surface area contributed by atoms with Gasteiger partial charge in [-0.25, -0.2) is 0 Å². The summed E-state index contributed by atoms with van der Waals surface area (Å²) < 4.78 is 7.12. The molecule has 0 saturated heterocycles. The first kappa shape index (κ1) is 26.9. The van der Waals surface area contributed by atoms with E-state index in [9.17, 15) is 9.59 Å². The van der Waals surface area contributed by atoms with E-state index in [2.05, 4.69) is 33.8 Å². The molecule has 0 fully saturated rings. The van der Waals surface area contributed by atoms with E-state index in [1.54, 1.807) is 31.4 Å². The first-order valence-electron chi connectivity index (χ1n) is 12.3. The summed E-state index contributed by atoms with van der Waals surface area (Å²) in [6, 6.07) is 20.7. The van der Waals surface area contributed by atoms with Crippen LogP contribution in [-0.2, 0) is 17.8 Å². The zero-order valence-electron chi connectivity index (χ0n) is 21.9. The summed E-state index contributed by atoms with van der Waals surface area (Å²) in [5.74, 6) is 1.07. The molecule has 0 aliphatic rings. The van der Waals surface area contributed by atoms with Crippen LogP contribution in [0.3, 0.4) is 0 Å². The lowest BCUT2D eigenvalue weighted by Crippen LogP contribution is -2.25. The number of nitrogens with zero attached hydrogens (tertiary/aromatic N) is 3. The molecule has 2 amide bonds. The van der Waals surface area contributed by atoms with Crippen molar-refractivity contribution in [2.75, 3.05) is 18.2 Å². The highest BCUT2D eigenvalue weighted by Crippen LogP contribution is 2.28. The number of aryl methyl sites for hydroxylation is 3. The molecule has 0 radical (unpaired) electrons. The van der Waals surface area contributed by atoms with Crippen LogP contribution in [0.15, 0.2) is 71.9 Å². The Morgan fingerprint density at radius 2 is 1.76 bits per heavy atom. The largest absolute Gasteiger partial charge is 0.497 e. The van der Waals surface area contributed by atoms with E-state index in [1.807, 2.05) is 54.8 Å². The molecule has 1 heterocycles. The SMILES string of the molecule is CCc1cccc(C)c1-n1c(CNC(=O)c2ccc(OC)cc2)nnc1SCC(=O)Nc1cccc(C)c1. The number of carbonyl (C=O) groups excluding carboxylic acids is 2. The molecular weight excluding hydrogens is 498 g/mol. The van der Waals surface area contributed by atoms with E-state index >= 15 is 0 Å². The first-order chi connectivity index (χ1) is 18.4. The Hall–Kier alpha value is -4.11. The molecule has 4 rings (SSSR count). The Morgan fingerprint density at radius 1 is 1.00 bits per heavy atom. The normalized spacial score (nSPS) is 10.7. The lowest BCUT2D eigenvalue weighted by molar-refractivity contribution is -0.113. The number of ether oxygens (including phenoxy) is 1. The van der Waals surface area contributed by atoms with Crippen LogP contribution in [0.2, 0.25) is 0 Å². The molecule has 0 saturated carbocycles. The van der Waals surface area contributed by atoms with Gasteiger partial charge in [0.15, 0.2) is 11.0 Å². The van der Waals surface area contributed by atoms with Gasteiger partial charge in [-0.2, -0.15) is 0 Å². The molecule has 8 nitrogen and oxygen atoms in total. The Kier molecular flexibility index (Phi) is 8.81. The van der Waals surface area contributed by atoms with Crippen LogP contribution in [0.1, 0.15) is 39.8 Å². The Morgan fingerprint density at radius 3 is 2.47 bits per heavy atom. The summed E-state index contributed by atoms with van der Waals surface area (Å²) in [5.41, 5.74) is 5.49. The van der Waals surface area contributed by atoms with Crippen molar-refractivity contribution in [3.05, 3.63) is 94.8 Å². The van der Waals surface area contributed by atoms with Gasteiger partial charge in [-0.05, 0) is 73.4 Å². The fourth-order valence-corrected chi connectivity index (χ4v) is 4.87. The maximum absolute atomic E-state index is 12.8. The third kappa shape index (κ3) is 6.41. The fraction of sp³-hybridized carbons (Fsp3) is 0.241. The van der Waals surface area contributed by atoms with Crippen molar-refractivity contribution in [3.8, 4) is 11.4 Å². The van der Waals surface area contributed by atoms with Crippen LogP contribution in [-0.4, -0.2) is 39.4 Å². The summed E-state index contributed by atoms with van der Waals surface area (Å²) in [7, 11) is 1.58. The van der Waals surface area contributed by atoms with Crippen molar-refractivity contribution in [1.29, 1.82) is 0 Å². The third-order valence-corrected chi connectivity index (χ3v) is 6.95. The number of rotatable bonds is 10. The maximum Gasteiger partial charge on any atom is 0.251 e. The number of methoxy groups -OCH3 is 1. The lowest BCUT2D eigenvalue weighted by atomic mass is 10.1. The molecule has 0 spiro atoms. The summed E-state index contributed by atoms with van der Waals surface area (Å²) in [5, 5.41) is 15.3. The number of hydrogen-bond acceptors (Lipinski definition) is 6. The molecule has 1 aromatic heterocycles. The van der Waals surface area contributed by atoms with Crippen LogP contribution in [0.5, 0.6) is 5.75 Å². The quantitative estimate of drug-likeness (QED) is 0.277. The van der Waals surface area contributed by atoms with E-state index in [0.29, 0.717) is 22.3 Å². The van der Waals surface area contributed by atoms with Crippen molar-refractivity contribution >= 4 is 29.3 Å². The van der Waals surface area contributed by atoms with Gasteiger partial charge in [-0.3, -0.25) is 14.2 Å². The van der Waals surface area contributed by atoms with E-state index in [4.69, 9.17) is 4.74 Å². The van der Waals surface area contributed by atoms with Crippen LogP contribution in [0.4, 0.5) is 5.69 Å². The van der Waals surface area contributed by atoms with Gasteiger partial charge in [-0.1, -0.05) is 49.0 Å². The van der Waals surface area contributed by atoms with Crippen LogP contribution in [0.25, 0.3) is 5.69 Å². The average Bonchev–Trinajstić information content (AvgIpc) is 3.32. The van der Waals surface area contributed by atoms with E-state index in [1.165, 1.54) is 11.8 Å². The fourth-order valence-electron chi connectivity index (χ4n) is 4.11. The number of aromatic nitrogens is 3. The van der Waals surface area contributed by atoms with Gasteiger partial charge in [0.25, 0.3) is 5.91 Å². The Bertz CT molecular complexity index is 1430. The second-order valence-electron chi connectivity index (χ2n) is 8.79. The number of amides is 2. The minimum Gasteiger partial charge on any atom is -0.497 e. The van der Waals surface area contributed by atoms with Gasteiger partial charge in [-0.15, -0.1) is 10.2 Å². The van der Waals surface area contributed by atoms with Crippen molar-refractivity contribution in [3.63, 3.8) is 0 Å². The number of carbonyl (C=O) groups is 2.